The molecule has 0 radical (unpaired) electrons. The fourth-order valence-corrected chi connectivity index (χ4v) is 1.33. The molecule has 0 aliphatic carbocycles. The van der Waals surface area contributed by atoms with E-state index in [0.29, 0.717) is 0 Å². The zero-order chi connectivity index (χ0) is 10.1. The van der Waals surface area contributed by atoms with Crippen molar-refractivity contribution in [1.29, 1.82) is 0 Å². The molecule has 72 valence electrons. The maximum Gasteiger partial charge on any atom is 0.118 e. The highest BCUT2D eigenvalue weighted by Gasteiger charge is 2.22. The molecule has 0 saturated heterocycles. The fourth-order valence-electron chi connectivity index (χ4n) is 1.33. The van der Waals surface area contributed by atoms with Crippen molar-refractivity contribution in [1.82, 2.24) is 0 Å². The number of hydrogen-bond donors (Lipinski definition) is 3. The lowest BCUT2D eigenvalue weighted by Gasteiger charge is -2.24. The highest BCUT2D eigenvalue weighted by atomic mass is 16.3. The molecule has 0 heterocycles. The Labute approximate surface area is 77.8 Å². The molecule has 1 atom stereocenters. The molecule has 0 saturated carbocycles. The van der Waals surface area contributed by atoms with E-state index in [1.165, 1.54) is 0 Å². The zero-order valence-electron chi connectivity index (χ0n) is 7.91. The number of rotatable bonds is 2. The minimum absolute atomic E-state index is 0.142. The molecule has 0 aromatic heterocycles. The highest BCUT2D eigenvalue weighted by Crippen LogP contribution is 2.26. The summed E-state index contributed by atoms with van der Waals surface area (Å²) >= 11 is 0. The summed E-state index contributed by atoms with van der Waals surface area (Å²) in [7, 11) is 0. The van der Waals surface area contributed by atoms with Crippen LogP contribution in [0.25, 0.3) is 0 Å². The van der Waals surface area contributed by atoms with Gasteiger partial charge in [-0.2, -0.15) is 0 Å². The smallest absolute Gasteiger partial charge is 0.118 e. The van der Waals surface area contributed by atoms with E-state index in [1.54, 1.807) is 26.0 Å². The second kappa shape index (κ2) is 3.36. The molecule has 1 rings (SSSR count). The van der Waals surface area contributed by atoms with Crippen molar-refractivity contribution < 1.29 is 10.2 Å². The van der Waals surface area contributed by atoms with Gasteiger partial charge in [0, 0.05) is 0 Å². The van der Waals surface area contributed by atoms with Gasteiger partial charge < -0.3 is 15.9 Å². The predicted octanol–water partition coefficient (Wildman–Crippen LogP) is 0.867. The highest BCUT2D eigenvalue weighted by molar-refractivity contribution is 5.41. The van der Waals surface area contributed by atoms with E-state index in [1.807, 2.05) is 6.07 Å². The molecule has 3 nitrogen and oxygen atoms in total. The van der Waals surface area contributed by atoms with Crippen LogP contribution in [0.15, 0.2) is 18.2 Å². The monoisotopic (exact) mass is 181 g/mol. The predicted molar refractivity (Wildman–Crippen MR) is 51.5 cm³/mol. The molecule has 0 aliphatic heterocycles. The number of aliphatic hydroxyl groups is 1. The second-order valence-corrected chi connectivity index (χ2v) is 3.53. The van der Waals surface area contributed by atoms with Gasteiger partial charge >= 0.3 is 0 Å². The van der Waals surface area contributed by atoms with Crippen LogP contribution in [0.1, 0.15) is 18.1 Å². The summed E-state index contributed by atoms with van der Waals surface area (Å²) in [5.41, 5.74) is 6.55. The summed E-state index contributed by atoms with van der Waals surface area (Å²) in [6, 6.07) is 5.13. The lowest BCUT2D eigenvalue weighted by atomic mass is 9.90. The molecule has 0 bridgehead atoms. The van der Waals surface area contributed by atoms with Gasteiger partial charge in [0.05, 0.1) is 12.1 Å². The molecule has 0 unspecified atom stereocenters. The average molecular weight is 181 g/mol. The first-order valence-electron chi connectivity index (χ1n) is 4.18. The normalized spacial score (nSPS) is 15.4. The van der Waals surface area contributed by atoms with Crippen molar-refractivity contribution in [2.24, 2.45) is 5.73 Å². The number of nitrogens with two attached hydrogens (primary N) is 1. The fraction of sp³-hybridized carbons (Fsp3) is 0.400. The van der Waals surface area contributed by atoms with E-state index in [4.69, 9.17) is 10.8 Å². The van der Waals surface area contributed by atoms with Crippen LogP contribution in [-0.2, 0) is 5.54 Å². The van der Waals surface area contributed by atoms with Crippen molar-refractivity contribution in [3.05, 3.63) is 29.3 Å². The molecule has 1 aromatic rings. The van der Waals surface area contributed by atoms with E-state index in [-0.39, 0.29) is 12.4 Å². The summed E-state index contributed by atoms with van der Waals surface area (Å²) in [5.74, 6) is 0.211. The summed E-state index contributed by atoms with van der Waals surface area (Å²) < 4.78 is 0. The van der Waals surface area contributed by atoms with Crippen LogP contribution < -0.4 is 5.73 Å². The van der Waals surface area contributed by atoms with Gasteiger partial charge in [-0.25, -0.2) is 0 Å². The Balaban J connectivity index is 3.22. The van der Waals surface area contributed by atoms with Gasteiger partial charge in [-0.3, -0.25) is 0 Å². The van der Waals surface area contributed by atoms with Crippen LogP contribution in [0, 0.1) is 6.92 Å². The Morgan fingerprint density at radius 1 is 1.46 bits per heavy atom. The third-order valence-electron chi connectivity index (χ3n) is 2.25. The molecule has 0 spiro atoms. The largest absolute Gasteiger partial charge is 0.508 e. The van der Waals surface area contributed by atoms with Gasteiger partial charge in [-0.1, -0.05) is 12.1 Å². The number of phenols is 1. The van der Waals surface area contributed by atoms with Crippen LogP contribution in [0.3, 0.4) is 0 Å². The van der Waals surface area contributed by atoms with Gasteiger partial charge in [-0.05, 0) is 31.0 Å². The third-order valence-corrected chi connectivity index (χ3v) is 2.25. The third kappa shape index (κ3) is 1.82. The van der Waals surface area contributed by atoms with Gasteiger partial charge in [0.25, 0.3) is 0 Å². The molecule has 0 fully saturated rings. The van der Waals surface area contributed by atoms with Crippen molar-refractivity contribution in [2.45, 2.75) is 19.4 Å². The average Bonchev–Trinajstić information content (AvgIpc) is 2.09. The first-order valence-corrected chi connectivity index (χ1v) is 4.18. The van der Waals surface area contributed by atoms with Gasteiger partial charge in [-0.15, -0.1) is 0 Å². The number of aliphatic hydroxyl groups excluding tert-OH is 1. The number of aromatic hydroxyl groups is 1. The van der Waals surface area contributed by atoms with E-state index >= 15 is 0 Å². The lowest BCUT2D eigenvalue weighted by Crippen LogP contribution is -2.37. The summed E-state index contributed by atoms with van der Waals surface area (Å²) in [4.78, 5) is 0. The second-order valence-electron chi connectivity index (χ2n) is 3.53. The van der Waals surface area contributed by atoms with Gasteiger partial charge in [0.2, 0.25) is 0 Å². The maximum atomic E-state index is 9.42. The van der Waals surface area contributed by atoms with E-state index in [9.17, 15) is 5.11 Å². The van der Waals surface area contributed by atoms with Crippen molar-refractivity contribution in [3.63, 3.8) is 0 Å². The first-order chi connectivity index (χ1) is 5.99. The Kier molecular flexibility index (Phi) is 2.59. The Bertz CT molecular complexity index is 308. The lowest BCUT2D eigenvalue weighted by molar-refractivity contribution is 0.209. The molecule has 0 aliphatic rings. The van der Waals surface area contributed by atoms with Gasteiger partial charge in [0.15, 0.2) is 0 Å². The number of phenolic OH excluding ortho intramolecular Hbond substituents is 1. The Morgan fingerprint density at radius 2 is 2.08 bits per heavy atom. The van der Waals surface area contributed by atoms with Crippen molar-refractivity contribution >= 4 is 0 Å². The zero-order valence-corrected chi connectivity index (χ0v) is 7.91. The molecular weight excluding hydrogens is 166 g/mol. The molecule has 1 aromatic carbocycles. The molecule has 13 heavy (non-hydrogen) atoms. The van der Waals surface area contributed by atoms with Crippen LogP contribution in [-0.4, -0.2) is 16.8 Å². The SMILES string of the molecule is Cc1c(O)cccc1[C@@](C)(N)CO. The van der Waals surface area contributed by atoms with E-state index < -0.39 is 5.54 Å². The standard InChI is InChI=1S/C10H15NO2/c1-7-8(10(2,11)6-12)4-3-5-9(7)13/h3-5,12-13H,6,11H2,1-2H3/t10-/m0/s1. The van der Waals surface area contributed by atoms with Crippen LogP contribution >= 0.6 is 0 Å². The summed E-state index contributed by atoms with van der Waals surface area (Å²) in [6.07, 6.45) is 0. The van der Waals surface area contributed by atoms with Crippen molar-refractivity contribution in [3.8, 4) is 5.75 Å². The van der Waals surface area contributed by atoms with Crippen LogP contribution in [0.2, 0.25) is 0 Å². The Hall–Kier alpha value is -1.06. The van der Waals surface area contributed by atoms with Crippen LogP contribution in [0.5, 0.6) is 5.75 Å². The molecule has 3 heteroatoms. The number of hydrogen-bond acceptors (Lipinski definition) is 3. The van der Waals surface area contributed by atoms with Gasteiger partial charge in [0.1, 0.15) is 5.75 Å². The minimum Gasteiger partial charge on any atom is -0.508 e. The quantitative estimate of drug-likeness (QED) is 0.634. The number of benzene rings is 1. The van der Waals surface area contributed by atoms with Crippen LogP contribution in [0.4, 0.5) is 0 Å². The topological polar surface area (TPSA) is 66.5 Å². The first kappa shape index (κ1) is 10.0. The van der Waals surface area contributed by atoms with E-state index in [2.05, 4.69) is 0 Å². The minimum atomic E-state index is -0.789. The molecular formula is C10H15NO2. The summed E-state index contributed by atoms with van der Waals surface area (Å²) in [5, 5.41) is 18.5. The Morgan fingerprint density at radius 3 is 2.62 bits per heavy atom. The molecule has 4 N–H and O–H groups in total. The maximum absolute atomic E-state index is 9.42. The van der Waals surface area contributed by atoms with Crippen molar-refractivity contribution in [2.75, 3.05) is 6.61 Å². The molecule has 0 amide bonds. The summed E-state index contributed by atoms with van der Waals surface area (Å²) in [6.45, 7) is 3.37. The van der Waals surface area contributed by atoms with E-state index in [0.717, 1.165) is 11.1 Å².